The van der Waals surface area contributed by atoms with Crippen LogP contribution in [0.15, 0.2) is 51.1 Å². The first-order chi connectivity index (χ1) is 15.7. The average molecular weight is 495 g/mol. The fourth-order valence-electron chi connectivity index (χ4n) is 3.24. The lowest BCUT2D eigenvalue weighted by atomic mass is 10.0. The maximum atomic E-state index is 13.2. The molecule has 2 unspecified atom stereocenters. The zero-order valence-electron chi connectivity index (χ0n) is 18.7. The first-order valence-corrected chi connectivity index (χ1v) is 11.2. The number of aryl methyl sites for hydroxylation is 2. The van der Waals surface area contributed by atoms with Gasteiger partial charge in [0.15, 0.2) is 5.96 Å². The number of amides is 1. The van der Waals surface area contributed by atoms with Crippen LogP contribution in [0.2, 0.25) is 0 Å². The summed E-state index contributed by atoms with van der Waals surface area (Å²) in [5.74, 6) is -3.13. The van der Waals surface area contributed by atoms with Gasteiger partial charge in [-0.15, -0.1) is 0 Å². The Balaban J connectivity index is 2.60. The number of carbonyl (C=O) groups is 2. The molecule has 0 radical (unpaired) electrons. The van der Waals surface area contributed by atoms with E-state index in [1.165, 1.54) is 37.3 Å². The number of nitrogens with one attached hydrogen (secondary N) is 1. The van der Waals surface area contributed by atoms with E-state index < -0.39 is 57.3 Å². The molecule has 0 aliphatic rings. The number of primary amides is 1. The van der Waals surface area contributed by atoms with Crippen molar-refractivity contribution in [1.29, 1.82) is 0 Å². The second-order valence-electron chi connectivity index (χ2n) is 7.45. The van der Waals surface area contributed by atoms with Crippen LogP contribution in [-0.2, 0) is 24.3 Å². The van der Waals surface area contributed by atoms with Crippen molar-refractivity contribution >= 4 is 33.5 Å². The largest absolute Gasteiger partial charge is 0.465 e. The van der Waals surface area contributed by atoms with E-state index >= 15 is 0 Å². The third kappa shape index (κ3) is 5.71. The molecular weight excluding hydrogens is 468 g/mol. The second kappa shape index (κ2) is 9.93. The number of benzene rings is 1. The highest BCUT2D eigenvalue weighted by Gasteiger charge is 2.42. The van der Waals surface area contributed by atoms with Crippen molar-refractivity contribution in [2.75, 3.05) is 11.8 Å². The van der Waals surface area contributed by atoms with E-state index in [-0.39, 0.29) is 10.6 Å². The lowest BCUT2D eigenvalue weighted by molar-refractivity contribution is -0.163. The number of esters is 1. The summed E-state index contributed by atoms with van der Waals surface area (Å²) in [5, 5.41) is 10.7. The van der Waals surface area contributed by atoms with Crippen LogP contribution >= 0.6 is 0 Å². The van der Waals surface area contributed by atoms with Gasteiger partial charge in [0, 0.05) is 12.1 Å². The van der Waals surface area contributed by atoms with E-state index in [1.54, 1.807) is 13.0 Å². The number of methoxy groups -OCH3 is 1. The fraction of sp³-hybridized carbons (Fsp3) is 0.300. The number of nitrogens with two attached hydrogens (primary N) is 3. The number of nitrogens with zero attached hydrogens (tertiary/aromatic N) is 2. The molecular formula is C20H26N6O7S. The number of hydrogen-bond donors (Lipinski definition) is 5. The molecule has 13 nitrogen and oxygen atoms in total. The number of aliphatic hydroxyl groups is 1. The van der Waals surface area contributed by atoms with Crippen LogP contribution in [-0.4, -0.2) is 48.8 Å². The Morgan fingerprint density at radius 2 is 1.85 bits per heavy atom. The molecule has 0 fully saturated rings. The van der Waals surface area contributed by atoms with Gasteiger partial charge in [0.05, 0.1) is 12.0 Å². The molecule has 34 heavy (non-hydrogen) atoms. The number of ether oxygens (including phenoxy) is 1. The van der Waals surface area contributed by atoms with Crippen molar-refractivity contribution in [2.45, 2.75) is 36.9 Å². The molecule has 0 saturated carbocycles. The Hall–Kier alpha value is -3.91. The van der Waals surface area contributed by atoms with Crippen molar-refractivity contribution in [3.05, 3.63) is 58.0 Å². The summed E-state index contributed by atoms with van der Waals surface area (Å²) >= 11 is 0. The van der Waals surface area contributed by atoms with Crippen LogP contribution in [0, 0.1) is 13.8 Å². The van der Waals surface area contributed by atoms with Gasteiger partial charge in [-0.3, -0.25) is 18.9 Å². The van der Waals surface area contributed by atoms with Gasteiger partial charge < -0.3 is 27.0 Å². The summed E-state index contributed by atoms with van der Waals surface area (Å²) in [6.45, 7) is 3.14. The smallest absolute Gasteiger partial charge is 0.361 e. The molecule has 8 N–H and O–H groups in total. The van der Waals surface area contributed by atoms with Gasteiger partial charge in [0.1, 0.15) is 11.7 Å². The lowest BCUT2D eigenvalue weighted by Gasteiger charge is -2.27. The minimum atomic E-state index is -4.16. The zero-order valence-corrected chi connectivity index (χ0v) is 19.5. The Morgan fingerprint density at radius 1 is 1.21 bits per heavy atom. The number of aromatic nitrogens is 1. The first-order valence-electron chi connectivity index (χ1n) is 9.74. The lowest BCUT2D eigenvalue weighted by Crippen LogP contribution is -2.47. The molecule has 0 bridgehead atoms. The van der Waals surface area contributed by atoms with E-state index in [9.17, 15) is 27.9 Å². The standard InChI is InChI=1S/C20H26N6O7S/c1-11-5-4-6-13(9-11)34(31,32)25-14-8-7-12(2)26(17(14)28)15(16(21)27)10-20(30,18(29)33-3)24-19(22)23/h4-9,15,25,30H,10H2,1-3H3,(H2,21,27)(H4,22,23,24). The zero-order chi connectivity index (χ0) is 25.8. The molecule has 2 atom stereocenters. The van der Waals surface area contributed by atoms with Crippen molar-refractivity contribution in [2.24, 2.45) is 22.2 Å². The maximum absolute atomic E-state index is 13.2. The number of aliphatic imine (C=N–C) groups is 1. The third-order valence-corrected chi connectivity index (χ3v) is 6.17. The predicted molar refractivity (Wildman–Crippen MR) is 123 cm³/mol. The van der Waals surface area contributed by atoms with Crippen LogP contribution in [0.4, 0.5) is 5.69 Å². The van der Waals surface area contributed by atoms with Crippen LogP contribution in [0.5, 0.6) is 0 Å². The minimum Gasteiger partial charge on any atom is -0.465 e. The topological polar surface area (TPSA) is 222 Å². The van der Waals surface area contributed by atoms with Gasteiger partial charge in [0.2, 0.25) is 5.91 Å². The van der Waals surface area contributed by atoms with Gasteiger partial charge in [-0.1, -0.05) is 12.1 Å². The summed E-state index contributed by atoms with van der Waals surface area (Å²) in [6.07, 6.45) is -0.873. The van der Waals surface area contributed by atoms with Crippen LogP contribution in [0.25, 0.3) is 0 Å². The van der Waals surface area contributed by atoms with Gasteiger partial charge >= 0.3 is 5.97 Å². The summed E-state index contributed by atoms with van der Waals surface area (Å²) in [4.78, 5) is 41.0. The predicted octanol–water partition coefficient (Wildman–Crippen LogP) is -1.18. The second-order valence-corrected chi connectivity index (χ2v) is 9.14. The molecule has 2 aromatic rings. The number of carbonyl (C=O) groups excluding carboxylic acids is 2. The summed E-state index contributed by atoms with van der Waals surface area (Å²) in [7, 11) is -3.21. The Morgan fingerprint density at radius 3 is 2.38 bits per heavy atom. The highest BCUT2D eigenvalue weighted by molar-refractivity contribution is 7.92. The molecule has 2 rings (SSSR count). The highest BCUT2D eigenvalue weighted by atomic mass is 32.2. The molecule has 14 heteroatoms. The van der Waals surface area contributed by atoms with E-state index in [0.29, 0.717) is 5.56 Å². The van der Waals surface area contributed by atoms with E-state index in [0.717, 1.165) is 11.7 Å². The maximum Gasteiger partial charge on any atom is 0.361 e. The molecule has 1 aromatic carbocycles. The summed E-state index contributed by atoms with van der Waals surface area (Å²) < 4.78 is 33.1. The van der Waals surface area contributed by atoms with Crippen molar-refractivity contribution in [1.82, 2.24) is 4.57 Å². The highest BCUT2D eigenvalue weighted by Crippen LogP contribution is 2.25. The molecule has 0 spiro atoms. The molecule has 0 saturated heterocycles. The Labute approximate surface area is 195 Å². The number of guanidine groups is 1. The van der Waals surface area contributed by atoms with E-state index in [2.05, 4.69) is 14.5 Å². The van der Waals surface area contributed by atoms with Crippen LogP contribution < -0.4 is 27.5 Å². The van der Waals surface area contributed by atoms with Gasteiger partial charge in [0.25, 0.3) is 21.3 Å². The van der Waals surface area contributed by atoms with Crippen molar-refractivity contribution < 1.29 is 27.9 Å². The summed E-state index contributed by atoms with van der Waals surface area (Å²) in [5.41, 5.74) is 12.8. The van der Waals surface area contributed by atoms with Crippen molar-refractivity contribution in [3.63, 3.8) is 0 Å². The molecule has 0 aliphatic carbocycles. The number of rotatable bonds is 9. The Kier molecular flexibility index (Phi) is 7.69. The Bertz CT molecular complexity index is 1300. The third-order valence-electron chi connectivity index (χ3n) is 4.81. The quantitative estimate of drug-likeness (QED) is 0.160. The molecule has 1 heterocycles. The molecule has 184 valence electrons. The normalized spacial score (nSPS) is 13.9. The molecule has 1 aromatic heterocycles. The van der Waals surface area contributed by atoms with Crippen molar-refractivity contribution in [3.8, 4) is 0 Å². The number of anilines is 1. The molecule has 0 aliphatic heterocycles. The number of sulfonamides is 1. The summed E-state index contributed by atoms with van der Waals surface area (Å²) in [6, 6.07) is 6.90. The van der Waals surface area contributed by atoms with Crippen LogP contribution in [0.3, 0.4) is 0 Å². The SMILES string of the molecule is COC(=O)C(O)(CC(C(N)=O)n1c(C)ccc(NS(=O)(=O)c2cccc(C)c2)c1=O)N=C(N)N. The first kappa shape index (κ1) is 26.3. The van der Waals surface area contributed by atoms with Gasteiger partial charge in [-0.25, -0.2) is 18.2 Å². The fourth-order valence-corrected chi connectivity index (χ4v) is 4.40. The number of hydrogen-bond acceptors (Lipinski definition) is 8. The van der Waals surface area contributed by atoms with Crippen LogP contribution in [0.1, 0.15) is 23.7 Å². The average Bonchev–Trinajstić information content (AvgIpc) is 2.73. The van der Waals surface area contributed by atoms with Gasteiger partial charge in [-0.05, 0) is 43.7 Å². The minimum absolute atomic E-state index is 0.0849. The number of pyridine rings is 1. The van der Waals surface area contributed by atoms with E-state index in [4.69, 9.17) is 17.2 Å². The molecule has 1 amide bonds. The van der Waals surface area contributed by atoms with Gasteiger partial charge in [-0.2, -0.15) is 0 Å². The monoisotopic (exact) mass is 494 g/mol. The van der Waals surface area contributed by atoms with E-state index in [1.807, 2.05) is 0 Å².